The first-order chi connectivity index (χ1) is 7.29. The number of nitrogens with one attached hydrogen (secondary N) is 1. The number of nitrogens with zero attached hydrogens (tertiary/aromatic N) is 3. The van der Waals surface area contributed by atoms with Crippen LogP contribution in [0.3, 0.4) is 0 Å². The van der Waals surface area contributed by atoms with Crippen molar-refractivity contribution in [2.75, 3.05) is 0 Å². The van der Waals surface area contributed by atoms with Crippen molar-refractivity contribution in [3.05, 3.63) is 12.2 Å². The Balaban J connectivity index is 1.83. The molecule has 15 heavy (non-hydrogen) atoms. The van der Waals surface area contributed by atoms with E-state index in [1.165, 1.54) is 6.42 Å². The average Bonchev–Trinajstić information content (AvgIpc) is 2.83. The van der Waals surface area contributed by atoms with Gasteiger partial charge in [0.1, 0.15) is 12.2 Å². The quantitative estimate of drug-likeness (QED) is 0.746. The van der Waals surface area contributed by atoms with E-state index in [1.54, 1.807) is 6.33 Å². The Labute approximate surface area is 90.1 Å². The minimum atomic E-state index is 0.381. The molecule has 5 heteroatoms. The van der Waals surface area contributed by atoms with E-state index >= 15 is 0 Å². The summed E-state index contributed by atoms with van der Waals surface area (Å²) >= 11 is 0. The number of rotatable bonds is 4. The first kappa shape index (κ1) is 10.6. The summed E-state index contributed by atoms with van der Waals surface area (Å²) in [5.41, 5.74) is 5.86. The standard InChI is InChI=1S/C10H19N5/c1-2-15-7-13-14-10(15)6-12-9-4-3-8(11)5-9/h7-9,12H,2-6,11H2,1H3. The fraction of sp³-hybridized carbons (Fsp3) is 0.800. The van der Waals surface area contributed by atoms with Crippen LogP contribution in [0.5, 0.6) is 0 Å². The van der Waals surface area contributed by atoms with Crippen LogP contribution in [0.25, 0.3) is 0 Å². The molecular formula is C10H19N5. The first-order valence-electron chi connectivity index (χ1n) is 5.65. The van der Waals surface area contributed by atoms with Gasteiger partial charge in [-0.25, -0.2) is 0 Å². The van der Waals surface area contributed by atoms with Crippen molar-refractivity contribution in [2.45, 2.75) is 51.4 Å². The number of hydrogen-bond acceptors (Lipinski definition) is 4. The van der Waals surface area contributed by atoms with Crippen LogP contribution in [0, 0.1) is 0 Å². The lowest BCUT2D eigenvalue weighted by Crippen LogP contribution is -2.29. The van der Waals surface area contributed by atoms with E-state index in [1.807, 2.05) is 0 Å². The molecule has 0 saturated heterocycles. The highest BCUT2D eigenvalue weighted by atomic mass is 15.3. The summed E-state index contributed by atoms with van der Waals surface area (Å²) in [5.74, 6) is 1.01. The van der Waals surface area contributed by atoms with Gasteiger partial charge in [-0.15, -0.1) is 10.2 Å². The highest BCUT2D eigenvalue weighted by Gasteiger charge is 2.21. The molecule has 1 aliphatic rings. The number of nitrogens with two attached hydrogens (primary N) is 1. The molecule has 1 heterocycles. The molecule has 1 aliphatic carbocycles. The van der Waals surface area contributed by atoms with Gasteiger partial charge >= 0.3 is 0 Å². The molecule has 5 nitrogen and oxygen atoms in total. The Morgan fingerprint density at radius 3 is 3.13 bits per heavy atom. The molecule has 2 unspecified atom stereocenters. The highest BCUT2D eigenvalue weighted by Crippen LogP contribution is 2.17. The third-order valence-corrected chi connectivity index (χ3v) is 3.06. The minimum Gasteiger partial charge on any atom is -0.328 e. The zero-order valence-corrected chi connectivity index (χ0v) is 9.19. The second kappa shape index (κ2) is 4.72. The van der Waals surface area contributed by atoms with Crippen LogP contribution >= 0.6 is 0 Å². The molecule has 2 atom stereocenters. The molecule has 1 fully saturated rings. The second-order valence-electron chi connectivity index (χ2n) is 4.18. The Kier molecular flexibility index (Phi) is 3.33. The number of aromatic nitrogens is 3. The van der Waals surface area contributed by atoms with Gasteiger partial charge in [0.05, 0.1) is 6.54 Å². The van der Waals surface area contributed by atoms with Crippen molar-refractivity contribution in [3.63, 3.8) is 0 Å². The summed E-state index contributed by atoms with van der Waals surface area (Å²) in [6, 6.07) is 0.938. The van der Waals surface area contributed by atoms with Crippen molar-refractivity contribution in [1.29, 1.82) is 0 Å². The fourth-order valence-electron chi connectivity index (χ4n) is 2.12. The van der Waals surface area contributed by atoms with Gasteiger partial charge in [0, 0.05) is 18.6 Å². The molecule has 0 spiro atoms. The molecule has 0 radical (unpaired) electrons. The fourth-order valence-corrected chi connectivity index (χ4v) is 2.12. The lowest BCUT2D eigenvalue weighted by Gasteiger charge is -2.11. The molecule has 84 valence electrons. The largest absolute Gasteiger partial charge is 0.328 e. The molecule has 1 saturated carbocycles. The van der Waals surface area contributed by atoms with Crippen molar-refractivity contribution >= 4 is 0 Å². The molecule has 1 aromatic rings. The molecule has 0 amide bonds. The van der Waals surface area contributed by atoms with Gasteiger partial charge in [0.25, 0.3) is 0 Å². The normalized spacial score (nSPS) is 26.0. The average molecular weight is 209 g/mol. The predicted molar refractivity (Wildman–Crippen MR) is 58.2 cm³/mol. The lowest BCUT2D eigenvalue weighted by molar-refractivity contribution is 0.495. The summed E-state index contributed by atoms with van der Waals surface area (Å²) in [5, 5.41) is 11.5. The maximum atomic E-state index is 5.86. The zero-order chi connectivity index (χ0) is 10.7. The van der Waals surface area contributed by atoms with Crippen LogP contribution in [0.2, 0.25) is 0 Å². The Morgan fingerprint density at radius 2 is 2.47 bits per heavy atom. The molecule has 0 aliphatic heterocycles. The summed E-state index contributed by atoms with van der Waals surface area (Å²) in [4.78, 5) is 0. The van der Waals surface area contributed by atoms with Gasteiger partial charge in [-0.2, -0.15) is 0 Å². The van der Waals surface area contributed by atoms with Crippen LogP contribution in [0.15, 0.2) is 6.33 Å². The van der Waals surface area contributed by atoms with E-state index in [0.29, 0.717) is 12.1 Å². The maximum absolute atomic E-state index is 5.86. The van der Waals surface area contributed by atoms with E-state index < -0.39 is 0 Å². The topological polar surface area (TPSA) is 68.8 Å². The summed E-state index contributed by atoms with van der Waals surface area (Å²) < 4.78 is 2.06. The van der Waals surface area contributed by atoms with Gasteiger partial charge in [-0.05, 0) is 26.2 Å². The Hall–Kier alpha value is -0.940. The number of hydrogen-bond donors (Lipinski definition) is 2. The maximum Gasteiger partial charge on any atom is 0.146 e. The lowest BCUT2D eigenvalue weighted by atomic mass is 10.2. The van der Waals surface area contributed by atoms with Crippen molar-refractivity contribution in [1.82, 2.24) is 20.1 Å². The first-order valence-corrected chi connectivity index (χ1v) is 5.65. The van der Waals surface area contributed by atoms with Gasteiger partial charge in [0.2, 0.25) is 0 Å². The predicted octanol–water partition coefficient (Wildman–Crippen LogP) is 0.267. The molecule has 3 N–H and O–H groups in total. The summed E-state index contributed by atoms with van der Waals surface area (Å²) in [6.07, 6.45) is 5.18. The van der Waals surface area contributed by atoms with Gasteiger partial charge in [-0.3, -0.25) is 0 Å². The Morgan fingerprint density at radius 1 is 1.60 bits per heavy atom. The van der Waals surface area contributed by atoms with E-state index in [4.69, 9.17) is 5.73 Å². The second-order valence-corrected chi connectivity index (χ2v) is 4.18. The highest BCUT2D eigenvalue weighted by molar-refractivity contribution is 4.88. The third-order valence-electron chi connectivity index (χ3n) is 3.06. The molecule has 0 bridgehead atoms. The summed E-state index contributed by atoms with van der Waals surface area (Å²) in [6.45, 7) is 3.82. The van der Waals surface area contributed by atoms with Crippen LogP contribution in [-0.2, 0) is 13.1 Å². The zero-order valence-electron chi connectivity index (χ0n) is 9.19. The molecule has 2 rings (SSSR count). The van der Waals surface area contributed by atoms with E-state index in [2.05, 4.69) is 27.0 Å². The van der Waals surface area contributed by atoms with Gasteiger partial charge < -0.3 is 15.6 Å². The Bertz CT molecular complexity index is 309. The molecule has 0 aromatic carbocycles. The summed E-state index contributed by atoms with van der Waals surface area (Å²) in [7, 11) is 0. The third kappa shape index (κ3) is 2.54. The van der Waals surface area contributed by atoms with Crippen LogP contribution in [-0.4, -0.2) is 26.8 Å². The van der Waals surface area contributed by atoms with Crippen molar-refractivity contribution in [2.24, 2.45) is 5.73 Å². The van der Waals surface area contributed by atoms with Crippen LogP contribution < -0.4 is 11.1 Å². The smallest absolute Gasteiger partial charge is 0.146 e. The van der Waals surface area contributed by atoms with Crippen LogP contribution in [0.1, 0.15) is 32.0 Å². The SMILES string of the molecule is CCn1cnnc1CNC1CCC(N)C1. The van der Waals surface area contributed by atoms with E-state index in [9.17, 15) is 0 Å². The molecule has 1 aromatic heterocycles. The van der Waals surface area contributed by atoms with Gasteiger partial charge in [0.15, 0.2) is 0 Å². The van der Waals surface area contributed by atoms with Crippen molar-refractivity contribution < 1.29 is 0 Å². The van der Waals surface area contributed by atoms with E-state index in [0.717, 1.165) is 31.8 Å². The van der Waals surface area contributed by atoms with E-state index in [-0.39, 0.29) is 0 Å². The minimum absolute atomic E-state index is 0.381. The van der Waals surface area contributed by atoms with Crippen LogP contribution in [0.4, 0.5) is 0 Å². The monoisotopic (exact) mass is 209 g/mol. The number of aryl methyl sites for hydroxylation is 1. The van der Waals surface area contributed by atoms with Gasteiger partial charge in [-0.1, -0.05) is 0 Å². The van der Waals surface area contributed by atoms with Crippen molar-refractivity contribution in [3.8, 4) is 0 Å². The molecular weight excluding hydrogens is 190 g/mol.